The number of benzene rings is 1. The summed E-state index contributed by atoms with van der Waals surface area (Å²) in [5, 5.41) is 12.9. The van der Waals surface area contributed by atoms with E-state index in [1.165, 1.54) is 0 Å². The summed E-state index contributed by atoms with van der Waals surface area (Å²) >= 11 is 0. The highest BCUT2D eigenvalue weighted by Gasteiger charge is 2.08. The molecule has 0 amide bonds. The Morgan fingerprint density at radius 3 is 2.45 bits per heavy atom. The molecule has 2 N–H and O–H groups in total. The highest BCUT2D eigenvalue weighted by molar-refractivity contribution is 5.16. The summed E-state index contributed by atoms with van der Waals surface area (Å²) in [6, 6.07) is 8.73. The Labute approximate surface area is 63.8 Å². The molecule has 0 aliphatic carbocycles. The van der Waals surface area contributed by atoms with Crippen LogP contribution in [-0.4, -0.2) is 0 Å². The van der Waals surface area contributed by atoms with Crippen molar-refractivity contribution in [1.29, 1.82) is 0 Å². The Morgan fingerprint density at radius 2 is 2.00 bits per heavy atom. The summed E-state index contributed by atoms with van der Waals surface area (Å²) in [7, 11) is 0. The van der Waals surface area contributed by atoms with Gasteiger partial charge < -0.3 is 10.7 Å². The molecular formula is C7H8N2O2. The fourth-order valence-electron chi connectivity index (χ4n) is 0.814. The lowest BCUT2D eigenvalue weighted by molar-refractivity contribution is -0.633. The van der Waals surface area contributed by atoms with Gasteiger partial charge in [-0.05, 0) is 5.18 Å². The summed E-state index contributed by atoms with van der Waals surface area (Å²) in [6.07, 6.45) is -0.851. The normalized spacial score (nSPS) is 12.5. The zero-order valence-electron chi connectivity index (χ0n) is 5.81. The molecule has 1 unspecified atom stereocenters. The first kappa shape index (κ1) is 7.84. The molecule has 0 saturated heterocycles. The molecular weight excluding hydrogens is 144 g/mol. The van der Waals surface area contributed by atoms with E-state index < -0.39 is 6.17 Å². The van der Waals surface area contributed by atoms with Crippen LogP contribution in [0.15, 0.2) is 35.5 Å². The van der Waals surface area contributed by atoms with Gasteiger partial charge in [0.1, 0.15) is 0 Å². The van der Waals surface area contributed by atoms with Crippen molar-refractivity contribution in [2.45, 2.75) is 6.17 Å². The summed E-state index contributed by atoms with van der Waals surface area (Å²) < 4.78 is 0. The smallest absolute Gasteiger partial charge is 0.244 e. The predicted octanol–water partition coefficient (Wildman–Crippen LogP) is 0.513. The molecule has 0 saturated carbocycles. The van der Waals surface area contributed by atoms with Crippen LogP contribution in [0.3, 0.4) is 0 Å². The average Bonchev–Trinajstić information content (AvgIpc) is 2.09. The molecule has 11 heavy (non-hydrogen) atoms. The van der Waals surface area contributed by atoms with E-state index in [2.05, 4.69) is 5.18 Å². The van der Waals surface area contributed by atoms with Gasteiger partial charge in [-0.15, -0.1) is 4.91 Å². The van der Waals surface area contributed by atoms with Gasteiger partial charge in [0.2, 0.25) is 6.17 Å². The SMILES string of the molecule is O=NC([NH2+][O-])c1ccccc1. The molecule has 4 nitrogen and oxygen atoms in total. The largest absolute Gasteiger partial charge is 0.634 e. The number of hydrogen-bond donors (Lipinski definition) is 1. The van der Waals surface area contributed by atoms with E-state index in [-0.39, 0.29) is 0 Å². The lowest BCUT2D eigenvalue weighted by atomic mass is 10.2. The van der Waals surface area contributed by atoms with E-state index in [0.717, 1.165) is 0 Å². The van der Waals surface area contributed by atoms with Gasteiger partial charge >= 0.3 is 0 Å². The third-order valence-electron chi connectivity index (χ3n) is 1.38. The first-order valence-corrected chi connectivity index (χ1v) is 3.21. The van der Waals surface area contributed by atoms with Crippen LogP contribution < -0.4 is 5.48 Å². The van der Waals surface area contributed by atoms with Crippen molar-refractivity contribution in [2.24, 2.45) is 5.18 Å². The van der Waals surface area contributed by atoms with Crippen molar-refractivity contribution in [2.75, 3.05) is 0 Å². The van der Waals surface area contributed by atoms with Crippen molar-refractivity contribution in [3.8, 4) is 0 Å². The average molecular weight is 152 g/mol. The number of rotatable bonds is 3. The summed E-state index contributed by atoms with van der Waals surface area (Å²) in [5.74, 6) is 0. The van der Waals surface area contributed by atoms with E-state index in [4.69, 9.17) is 0 Å². The molecule has 0 radical (unpaired) electrons. The van der Waals surface area contributed by atoms with Gasteiger partial charge in [-0.2, -0.15) is 0 Å². The molecule has 0 aromatic heterocycles. The van der Waals surface area contributed by atoms with Gasteiger partial charge in [0.15, 0.2) is 0 Å². The maximum atomic E-state index is 10.2. The van der Waals surface area contributed by atoms with Gasteiger partial charge in [-0.3, -0.25) is 0 Å². The number of hydroxylamine groups is 1. The molecule has 58 valence electrons. The number of hydrogen-bond acceptors (Lipinski definition) is 3. The second kappa shape index (κ2) is 3.80. The zero-order chi connectivity index (χ0) is 8.10. The maximum absolute atomic E-state index is 10.2. The minimum Gasteiger partial charge on any atom is -0.634 e. The Kier molecular flexibility index (Phi) is 2.71. The van der Waals surface area contributed by atoms with Crippen molar-refractivity contribution in [1.82, 2.24) is 0 Å². The molecule has 0 heterocycles. The Bertz CT molecular complexity index is 225. The van der Waals surface area contributed by atoms with E-state index in [1.54, 1.807) is 24.3 Å². The monoisotopic (exact) mass is 152 g/mol. The van der Waals surface area contributed by atoms with Crippen LogP contribution in [0.2, 0.25) is 0 Å². The summed E-state index contributed by atoms with van der Waals surface area (Å²) in [4.78, 5) is 10.1. The fourth-order valence-corrected chi connectivity index (χ4v) is 0.814. The molecule has 1 aromatic carbocycles. The minimum absolute atomic E-state index is 0.530. The Balaban J connectivity index is 2.82. The standard InChI is InChI=1S/C7H8N2O2/c10-8-7(9-11)6-4-2-1-3-5-6/h1-5,7H,8H2. The van der Waals surface area contributed by atoms with Crippen molar-refractivity contribution < 1.29 is 5.48 Å². The highest BCUT2D eigenvalue weighted by Crippen LogP contribution is 2.07. The lowest BCUT2D eigenvalue weighted by Crippen LogP contribution is -2.78. The van der Waals surface area contributed by atoms with E-state index in [1.807, 2.05) is 6.07 Å². The second-order valence-corrected chi connectivity index (χ2v) is 2.10. The van der Waals surface area contributed by atoms with E-state index in [0.29, 0.717) is 11.0 Å². The third-order valence-corrected chi connectivity index (χ3v) is 1.38. The first-order valence-electron chi connectivity index (χ1n) is 3.21. The van der Waals surface area contributed by atoms with Crippen LogP contribution in [0.1, 0.15) is 11.7 Å². The molecule has 4 heteroatoms. The van der Waals surface area contributed by atoms with E-state index >= 15 is 0 Å². The highest BCUT2D eigenvalue weighted by atomic mass is 16.5. The van der Waals surface area contributed by atoms with Crippen molar-refractivity contribution in [3.05, 3.63) is 46.0 Å². The van der Waals surface area contributed by atoms with Gasteiger partial charge in [-0.1, -0.05) is 30.3 Å². The molecule has 1 atom stereocenters. The van der Waals surface area contributed by atoms with Crippen LogP contribution in [-0.2, 0) is 0 Å². The molecule has 1 aromatic rings. The van der Waals surface area contributed by atoms with Crippen molar-refractivity contribution >= 4 is 0 Å². The van der Waals surface area contributed by atoms with Crippen LogP contribution >= 0.6 is 0 Å². The molecule has 0 fully saturated rings. The van der Waals surface area contributed by atoms with Crippen LogP contribution in [0, 0.1) is 10.1 Å². The molecule has 0 bridgehead atoms. The number of nitroso groups, excluding NO2 is 1. The van der Waals surface area contributed by atoms with Crippen molar-refractivity contribution in [3.63, 3.8) is 0 Å². The van der Waals surface area contributed by atoms with Gasteiger partial charge in [0.05, 0.1) is 0 Å². The number of nitrogens with zero attached hydrogens (tertiary/aromatic N) is 1. The fraction of sp³-hybridized carbons (Fsp3) is 0.143. The van der Waals surface area contributed by atoms with Gasteiger partial charge in [0.25, 0.3) is 0 Å². The first-order chi connectivity index (χ1) is 5.38. The second-order valence-electron chi connectivity index (χ2n) is 2.10. The maximum Gasteiger partial charge on any atom is 0.244 e. The predicted molar refractivity (Wildman–Crippen MR) is 40.3 cm³/mol. The quantitative estimate of drug-likeness (QED) is 0.506. The number of quaternary nitrogens is 1. The minimum atomic E-state index is -0.851. The van der Waals surface area contributed by atoms with Crippen LogP contribution in [0.5, 0.6) is 0 Å². The van der Waals surface area contributed by atoms with Gasteiger partial charge in [0, 0.05) is 5.56 Å². The van der Waals surface area contributed by atoms with Gasteiger partial charge in [-0.25, -0.2) is 0 Å². The van der Waals surface area contributed by atoms with Crippen LogP contribution in [0.4, 0.5) is 0 Å². The lowest BCUT2D eigenvalue weighted by Gasteiger charge is -2.08. The summed E-state index contributed by atoms with van der Waals surface area (Å²) in [6.45, 7) is 0. The molecule has 0 spiro atoms. The zero-order valence-corrected chi connectivity index (χ0v) is 5.81. The van der Waals surface area contributed by atoms with Crippen LogP contribution in [0.25, 0.3) is 0 Å². The Hall–Kier alpha value is -1.26. The molecule has 1 rings (SSSR count). The molecule has 0 aliphatic rings. The molecule has 0 aliphatic heterocycles. The topological polar surface area (TPSA) is 69.1 Å². The number of nitrogens with two attached hydrogens (primary N) is 1. The third kappa shape index (κ3) is 1.83. The van der Waals surface area contributed by atoms with E-state index in [9.17, 15) is 10.1 Å². The summed E-state index contributed by atoms with van der Waals surface area (Å²) in [5.41, 5.74) is 1.17. The Morgan fingerprint density at radius 1 is 1.36 bits per heavy atom.